The Kier molecular flexibility index (Phi) is 3.85. The number of rotatable bonds is 3. The molecular formula is C18H27NO2. The molecule has 0 aromatic heterocycles. The molecule has 3 heteroatoms. The third-order valence-electron chi connectivity index (χ3n) is 5.44. The normalized spacial score (nSPS) is 34.7. The van der Waals surface area contributed by atoms with E-state index in [1.165, 1.54) is 17.5 Å². The Balaban J connectivity index is 1.75. The van der Waals surface area contributed by atoms with Crippen LogP contribution in [-0.4, -0.2) is 30.0 Å². The highest BCUT2D eigenvalue weighted by Gasteiger charge is 2.40. The van der Waals surface area contributed by atoms with E-state index in [4.69, 9.17) is 4.74 Å². The fourth-order valence-electron chi connectivity index (χ4n) is 3.73. The summed E-state index contributed by atoms with van der Waals surface area (Å²) in [5, 5.41) is 14.3. The Morgan fingerprint density at radius 3 is 2.76 bits per heavy atom. The van der Waals surface area contributed by atoms with Gasteiger partial charge in [0.15, 0.2) is 0 Å². The zero-order valence-electron chi connectivity index (χ0n) is 13.4. The molecule has 0 spiro atoms. The van der Waals surface area contributed by atoms with Crippen LogP contribution in [0.25, 0.3) is 0 Å². The number of aliphatic hydroxyl groups is 1. The first kappa shape index (κ1) is 15.0. The van der Waals surface area contributed by atoms with Gasteiger partial charge in [-0.2, -0.15) is 0 Å². The van der Waals surface area contributed by atoms with Crippen LogP contribution in [0.1, 0.15) is 57.2 Å². The lowest BCUT2D eigenvalue weighted by molar-refractivity contribution is -0.0281. The quantitative estimate of drug-likeness (QED) is 0.899. The standard InChI is InChI=1S/C18H27NO2/c1-13-18(20,10-11-21-13)12-19-16-8-9-17(2,3)15-7-5-4-6-14(15)16/h4-7,13,16,19-20H,8-12H2,1-3H3. The first-order chi connectivity index (χ1) is 9.92. The fraction of sp³-hybridized carbons (Fsp3) is 0.667. The van der Waals surface area contributed by atoms with Crippen LogP contribution in [0, 0.1) is 0 Å². The van der Waals surface area contributed by atoms with E-state index in [0.717, 1.165) is 12.8 Å². The lowest BCUT2D eigenvalue weighted by atomic mass is 9.71. The summed E-state index contributed by atoms with van der Waals surface area (Å²) in [5.41, 5.74) is 2.36. The van der Waals surface area contributed by atoms with Gasteiger partial charge in [-0.15, -0.1) is 0 Å². The molecule has 3 nitrogen and oxygen atoms in total. The summed E-state index contributed by atoms with van der Waals surface area (Å²) in [6, 6.07) is 9.06. The highest BCUT2D eigenvalue weighted by Crippen LogP contribution is 2.41. The van der Waals surface area contributed by atoms with E-state index in [2.05, 4.69) is 43.4 Å². The van der Waals surface area contributed by atoms with E-state index in [1.807, 2.05) is 6.92 Å². The molecule has 116 valence electrons. The first-order valence-corrected chi connectivity index (χ1v) is 8.09. The molecule has 2 N–H and O–H groups in total. The minimum absolute atomic E-state index is 0.0831. The molecule has 0 radical (unpaired) electrons. The van der Waals surface area contributed by atoms with E-state index >= 15 is 0 Å². The summed E-state index contributed by atoms with van der Waals surface area (Å²) in [5.74, 6) is 0. The monoisotopic (exact) mass is 289 g/mol. The predicted octanol–water partition coefficient (Wildman–Crippen LogP) is 2.93. The molecule has 1 aromatic carbocycles. The van der Waals surface area contributed by atoms with Gasteiger partial charge in [0.25, 0.3) is 0 Å². The molecule has 1 fully saturated rings. The second kappa shape index (κ2) is 5.38. The maximum Gasteiger partial charge on any atom is 0.105 e. The minimum Gasteiger partial charge on any atom is -0.386 e. The molecule has 21 heavy (non-hydrogen) atoms. The highest BCUT2D eigenvalue weighted by atomic mass is 16.5. The van der Waals surface area contributed by atoms with E-state index < -0.39 is 5.60 Å². The summed E-state index contributed by atoms with van der Waals surface area (Å²) in [6.45, 7) is 7.87. The lowest BCUT2D eigenvalue weighted by Gasteiger charge is -2.39. The van der Waals surface area contributed by atoms with E-state index in [0.29, 0.717) is 19.2 Å². The molecule has 3 rings (SSSR count). The van der Waals surface area contributed by atoms with Crippen LogP contribution in [0.15, 0.2) is 24.3 Å². The Morgan fingerprint density at radius 1 is 1.29 bits per heavy atom. The van der Waals surface area contributed by atoms with Crippen molar-refractivity contribution in [1.29, 1.82) is 0 Å². The molecule has 1 heterocycles. The number of ether oxygens (including phenoxy) is 1. The van der Waals surface area contributed by atoms with Gasteiger partial charge in [-0.3, -0.25) is 0 Å². The van der Waals surface area contributed by atoms with E-state index in [9.17, 15) is 5.11 Å². The van der Waals surface area contributed by atoms with Crippen LogP contribution in [-0.2, 0) is 10.2 Å². The number of hydrogen-bond acceptors (Lipinski definition) is 3. The van der Waals surface area contributed by atoms with Gasteiger partial charge in [0.2, 0.25) is 0 Å². The number of benzene rings is 1. The Morgan fingerprint density at radius 2 is 2.05 bits per heavy atom. The Labute approximate surface area is 127 Å². The molecule has 3 unspecified atom stereocenters. The largest absolute Gasteiger partial charge is 0.386 e. The molecule has 0 saturated carbocycles. The zero-order chi connectivity index (χ0) is 15.1. The third-order valence-corrected chi connectivity index (χ3v) is 5.44. The second-order valence-corrected chi connectivity index (χ2v) is 7.31. The zero-order valence-corrected chi connectivity index (χ0v) is 13.4. The van der Waals surface area contributed by atoms with Crippen molar-refractivity contribution in [2.24, 2.45) is 0 Å². The van der Waals surface area contributed by atoms with Crippen molar-refractivity contribution in [2.45, 2.75) is 63.2 Å². The van der Waals surface area contributed by atoms with Gasteiger partial charge in [-0.25, -0.2) is 0 Å². The van der Waals surface area contributed by atoms with Crippen LogP contribution in [0.4, 0.5) is 0 Å². The van der Waals surface area contributed by atoms with Gasteiger partial charge in [0.1, 0.15) is 5.60 Å². The summed E-state index contributed by atoms with van der Waals surface area (Å²) in [6.07, 6.45) is 2.93. The maximum absolute atomic E-state index is 10.7. The Hall–Kier alpha value is -0.900. The second-order valence-electron chi connectivity index (χ2n) is 7.31. The molecule has 0 amide bonds. The summed E-state index contributed by atoms with van der Waals surface area (Å²) in [7, 11) is 0. The molecule has 1 aliphatic heterocycles. The van der Waals surface area contributed by atoms with Crippen molar-refractivity contribution < 1.29 is 9.84 Å². The summed E-state index contributed by atoms with van der Waals surface area (Å²) in [4.78, 5) is 0. The summed E-state index contributed by atoms with van der Waals surface area (Å²) < 4.78 is 5.52. The van der Waals surface area contributed by atoms with Crippen LogP contribution in [0.3, 0.4) is 0 Å². The van der Waals surface area contributed by atoms with Crippen molar-refractivity contribution in [3.8, 4) is 0 Å². The van der Waals surface area contributed by atoms with Gasteiger partial charge in [-0.05, 0) is 36.3 Å². The fourth-order valence-corrected chi connectivity index (χ4v) is 3.73. The van der Waals surface area contributed by atoms with Gasteiger partial charge < -0.3 is 15.2 Å². The Bertz CT molecular complexity index is 514. The lowest BCUT2D eigenvalue weighted by Crippen LogP contribution is -2.47. The van der Waals surface area contributed by atoms with Crippen LogP contribution >= 0.6 is 0 Å². The molecule has 3 atom stereocenters. The van der Waals surface area contributed by atoms with Crippen LogP contribution in [0.5, 0.6) is 0 Å². The minimum atomic E-state index is -0.720. The van der Waals surface area contributed by atoms with Crippen molar-refractivity contribution in [3.05, 3.63) is 35.4 Å². The maximum atomic E-state index is 10.7. The van der Waals surface area contributed by atoms with Gasteiger partial charge in [0, 0.05) is 25.6 Å². The SMILES string of the molecule is CC1OCCC1(O)CNC1CCC(C)(C)c2ccccc21. The first-order valence-electron chi connectivity index (χ1n) is 8.09. The average molecular weight is 289 g/mol. The number of hydrogen-bond donors (Lipinski definition) is 2. The van der Waals surface area contributed by atoms with E-state index in [1.54, 1.807) is 0 Å². The highest BCUT2D eigenvalue weighted by molar-refractivity contribution is 5.38. The molecule has 2 aliphatic rings. The van der Waals surface area contributed by atoms with Gasteiger partial charge >= 0.3 is 0 Å². The predicted molar refractivity (Wildman–Crippen MR) is 84.4 cm³/mol. The van der Waals surface area contributed by atoms with Crippen molar-refractivity contribution >= 4 is 0 Å². The van der Waals surface area contributed by atoms with Gasteiger partial charge in [-0.1, -0.05) is 38.1 Å². The average Bonchev–Trinajstić information content (AvgIpc) is 2.78. The number of nitrogens with one attached hydrogen (secondary N) is 1. The van der Waals surface area contributed by atoms with Crippen molar-refractivity contribution in [2.75, 3.05) is 13.2 Å². The smallest absolute Gasteiger partial charge is 0.105 e. The molecule has 1 aromatic rings. The van der Waals surface area contributed by atoms with Crippen LogP contribution < -0.4 is 5.32 Å². The third kappa shape index (κ3) is 2.75. The molecule has 1 aliphatic carbocycles. The van der Waals surface area contributed by atoms with Crippen LogP contribution in [0.2, 0.25) is 0 Å². The number of fused-ring (bicyclic) bond motifs is 1. The topological polar surface area (TPSA) is 41.5 Å². The van der Waals surface area contributed by atoms with Gasteiger partial charge in [0.05, 0.1) is 6.10 Å². The van der Waals surface area contributed by atoms with E-state index in [-0.39, 0.29) is 11.5 Å². The van der Waals surface area contributed by atoms with Crippen molar-refractivity contribution in [3.63, 3.8) is 0 Å². The molecular weight excluding hydrogens is 262 g/mol. The summed E-state index contributed by atoms with van der Waals surface area (Å²) >= 11 is 0. The molecule has 1 saturated heterocycles. The molecule has 0 bridgehead atoms. The van der Waals surface area contributed by atoms with Crippen molar-refractivity contribution in [1.82, 2.24) is 5.32 Å².